The van der Waals surface area contributed by atoms with Crippen LogP contribution in [0.3, 0.4) is 0 Å². The minimum atomic E-state index is -3.96. The Balaban J connectivity index is 2.58. The summed E-state index contributed by atoms with van der Waals surface area (Å²) >= 11 is 0. The van der Waals surface area contributed by atoms with E-state index in [-0.39, 0.29) is 4.90 Å². The lowest BCUT2D eigenvalue weighted by Crippen LogP contribution is -2.43. The minimum Gasteiger partial charge on any atom is -0.480 e. The molecule has 112 valence electrons. The van der Waals surface area contributed by atoms with Crippen molar-refractivity contribution in [1.29, 1.82) is 0 Å². The largest absolute Gasteiger partial charge is 0.480 e. The SMILES string of the molecule is COC(=O)N(C1=Cc2ccccc2S1(=O)=O)[C@@H](C)C(=O)O. The lowest BCUT2D eigenvalue weighted by Gasteiger charge is -2.25. The zero-order chi connectivity index (χ0) is 15.8. The van der Waals surface area contributed by atoms with Crippen molar-refractivity contribution in [1.82, 2.24) is 4.90 Å². The lowest BCUT2D eigenvalue weighted by molar-refractivity contribution is -0.141. The van der Waals surface area contributed by atoms with Crippen molar-refractivity contribution >= 4 is 28.0 Å². The Labute approximate surface area is 121 Å². The van der Waals surface area contributed by atoms with Crippen molar-refractivity contribution in [3.8, 4) is 0 Å². The lowest BCUT2D eigenvalue weighted by atomic mass is 10.2. The molecule has 1 aromatic carbocycles. The standard InChI is InChI=1S/C13H13NO6S/c1-8(12(15)16)14(13(17)20-2)11-7-9-5-3-4-6-10(9)21(11,18)19/h3-8H,1-2H3,(H,15,16)/t8-/m0/s1. The van der Waals surface area contributed by atoms with Gasteiger partial charge in [-0.1, -0.05) is 18.2 Å². The van der Waals surface area contributed by atoms with E-state index < -0.39 is 33.0 Å². The number of carboxylic acids is 1. The molecule has 0 radical (unpaired) electrons. The molecule has 21 heavy (non-hydrogen) atoms. The van der Waals surface area contributed by atoms with Crippen molar-refractivity contribution in [2.45, 2.75) is 17.9 Å². The number of fused-ring (bicyclic) bond motifs is 1. The third-order valence-electron chi connectivity index (χ3n) is 3.12. The zero-order valence-corrected chi connectivity index (χ0v) is 12.1. The molecule has 1 aliphatic rings. The maximum absolute atomic E-state index is 12.5. The number of hydrogen-bond acceptors (Lipinski definition) is 5. The van der Waals surface area contributed by atoms with Gasteiger partial charge >= 0.3 is 12.1 Å². The summed E-state index contributed by atoms with van der Waals surface area (Å²) in [6.45, 7) is 1.21. The van der Waals surface area contributed by atoms with Crippen molar-refractivity contribution in [2.24, 2.45) is 0 Å². The second-order valence-electron chi connectivity index (χ2n) is 4.38. The summed E-state index contributed by atoms with van der Waals surface area (Å²) in [6.07, 6.45) is 0.216. The fourth-order valence-electron chi connectivity index (χ4n) is 2.01. The highest BCUT2D eigenvalue weighted by atomic mass is 32.2. The zero-order valence-electron chi connectivity index (χ0n) is 11.3. The van der Waals surface area contributed by atoms with E-state index in [1.165, 1.54) is 19.1 Å². The number of carboxylic acid groups (broad SMARTS) is 1. The predicted octanol–water partition coefficient (Wildman–Crippen LogP) is 1.31. The number of benzene rings is 1. The molecule has 7 nitrogen and oxygen atoms in total. The molecular formula is C13H13NO6S. The van der Waals surface area contributed by atoms with Crippen molar-refractivity contribution < 1.29 is 27.9 Å². The van der Waals surface area contributed by atoms with Crippen LogP contribution >= 0.6 is 0 Å². The molecule has 0 saturated heterocycles. The summed E-state index contributed by atoms with van der Waals surface area (Å²) in [5.41, 5.74) is 0.402. The third-order valence-corrected chi connectivity index (χ3v) is 4.93. The molecule has 8 heteroatoms. The number of sulfone groups is 1. The molecule has 0 fully saturated rings. The van der Waals surface area contributed by atoms with Gasteiger partial charge in [-0.2, -0.15) is 0 Å². The van der Waals surface area contributed by atoms with Crippen LogP contribution < -0.4 is 0 Å². The molecule has 1 atom stereocenters. The van der Waals surface area contributed by atoms with Crippen molar-refractivity contribution in [2.75, 3.05) is 7.11 Å². The highest BCUT2D eigenvalue weighted by Crippen LogP contribution is 2.35. The third kappa shape index (κ3) is 2.38. The highest BCUT2D eigenvalue weighted by molar-refractivity contribution is 7.95. The molecule has 0 saturated carbocycles. The average molecular weight is 311 g/mol. The summed E-state index contributed by atoms with van der Waals surface area (Å²) in [7, 11) is -2.90. The van der Waals surface area contributed by atoms with Gasteiger partial charge < -0.3 is 9.84 Å². The van der Waals surface area contributed by atoms with Gasteiger partial charge in [0.25, 0.3) is 0 Å². The molecule has 0 aromatic heterocycles. The summed E-state index contributed by atoms with van der Waals surface area (Å²) in [4.78, 5) is 23.6. The Hall–Kier alpha value is -2.35. The molecule has 1 N–H and O–H groups in total. The molecule has 0 bridgehead atoms. The Morgan fingerprint density at radius 1 is 1.29 bits per heavy atom. The van der Waals surface area contributed by atoms with Crippen LogP contribution in [0.1, 0.15) is 12.5 Å². The van der Waals surface area contributed by atoms with Crippen LogP contribution in [0, 0.1) is 0 Å². The molecule has 0 aliphatic carbocycles. The van der Waals surface area contributed by atoms with E-state index in [0.717, 1.165) is 7.11 Å². The minimum absolute atomic E-state index is 0.0338. The summed E-state index contributed by atoms with van der Waals surface area (Å²) in [6, 6.07) is 4.79. The number of carbonyl (C=O) groups is 2. The number of nitrogens with zero attached hydrogens (tertiary/aromatic N) is 1. The monoisotopic (exact) mass is 311 g/mol. The molecule has 1 aromatic rings. The summed E-state index contributed by atoms with van der Waals surface area (Å²) in [5.74, 6) is -1.34. The number of ether oxygens (including phenoxy) is 1. The van der Waals surface area contributed by atoms with Crippen LogP contribution in [-0.2, 0) is 19.4 Å². The van der Waals surface area contributed by atoms with Crippen LogP contribution in [-0.4, -0.2) is 43.6 Å². The van der Waals surface area contributed by atoms with Gasteiger partial charge in [-0.3, -0.25) is 4.90 Å². The van der Waals surface area contributed by atoms with Gasteiger partial charge in [-0.15, -0.1) is 0 Å². The quantitative estimate of drug-likeness (QED) is 0.903. The normalized spacial score (nSPS) is 16.6. The van der Waals surface area contributed by atoms with Gasteiger partial charge in [0, 0.05) is 0 Å². The van der Waals surface area contributed by atoms with E-state index in [0.29, 0.717) is 10.5 Å². The van der Waals surface area contributed by atoms with E-state index in [9.17, 15) is 18.0 Å². The number of amides is 1. The average Bonchev–Trinajstić information content (AvgIpc) is 2.71. The van der Waals surface area contributed by atoms with E-state index in [1.54, 1.807) is 18.2 Å². The van der Waals surface area contributed by atoms with Gasteiger partial charge in [0.2, 0.25) is 9.84 Å². The van der Waals surface area contributed by atoms with Crippen LogP contribution in [0.25, 0.3) is 6.08 Å². The molecule has 2 rings (SSSR count). The van der Waals surface area contributed by atoms with E-state index in [4.69, 9.17) is 5.11 Å². The number of rotatable bonds is 3. The number of methoxy groups -OCH3 is 1. The van der Waals surface area contributed by atoms with E-state index in [1.807, 2.05) is 0 Å². The second-order valence-corrected chi connectivity index (χ2v) is 6.24. The molecule has 1 heterocycles. The van der Waals surface area contributed by atoms with Crippen molar-refractivity contribution in [3.05, 3.63) is 34.9 Å². The molecule has 0 unspecified atom stereocenters. The topological polar surface area (TPSA) is 101 Å². The maximum atomic E-state index is 12.5. The molecular weight excluding hydrogens is 298 g/mol. The van der Waals surface area contributed by atoms with Crippen LogP contribution in [0.2, 0.25) is 0 Å². The number of aliphatic carboxylic acids is 1. The fourth-order valence-corrected chi connectivity index (χ4v) is 3.71. The van der Waals surface area contributed by atoms with Crippen molar-refractivity contribution in [3.63, 3.8) is 0 Å². The Bertz CT molecular complexity index is 737. The van der Waals surface area contributed by atoms with Crippen LogP contribution in [0.4, 0.5) is 4.79 Å². The van der Waals surface area contributed by atoms with E-state index >= 15 is 0 Å². The fraction of sp³-hybridized carbons (Fsp3) is 0.231. The van der Waals surface area contributed by atoms with Gasteiger partial charge in [-0.25, -0.2) is 18.0 Å². The van der Waals surface area contributed by atoms with Crippen LogP contribution in [0.15, 0.2) is 34.2 Å². The predicted molar refractivity (Wildman–Crippen MR) is 72.9 cm³/mol. The summed E-state index contributed by atoms with van der Waals surface area (Å²) in [5, 5.41) is 8.68. The first-order valence-electron chi connectivity index (χ1n) is 5.96. The first kappa shape index (κ1) is 15.0. The highest BCUT2D eigenvalue weighted by Gasteiger charge is 2.40. The number of carbonyl (C=O) groups excluding carboxylic acids is 1. The van der Waals surface area contributed by atoms with Crippen LogP contribution in [0.5, 0.6) is 0 Å². The van der Waals surface area contributed by atoms with E-state index in [2.05, 4.69) is 4.74 Å². The molecule has 0 spiro atoms. The van der Waals surface area contributed by atoms with Gasteiger partial charge in [-0.05, 0) is 24.6 Å². The Morgan fingerprint density at radius 2 is 1.90 bits per heavy atom. The Kier molecular flexibility index (Phi) is 3.73. The first-order valence-corrected chi connectivity index (χ1v) is 7.45. The number of hydrogen-bond donors (Lipinski definition) is 1. The van der Waals surface area contributed by atoms with Gasteiger partial charge in [0.1, 0.15) is 11.1 Å². The van der Waals surface area contributed by atoms with Gasteiger partial charge in [0.05, 0.1) is 12.0 Å². The molecule has 1 amide bonds. The van der Waals surface area contributed by atoms with Gasteiger partial charge in [0.15, 0.2) is 0 Å². The Morgan fingerprint density at radius 3 is 2.43 bits per heavy atom. The second kappa shape index (κ2) is 5.21. The smallest absolute Gasteiger partial charge is 0.415 e. The maximum Gasteiger partial charge on any atom is 0.415 e. The first-order chi connectivity index (χ1) is 9.80. The summed E-state index contributed by atoms with van der Waals surface area (Å²) < 4.78 is 29.4. The molecule has 1 aliphatic heterocycles.